The van der Waals surface area contributed by atoms with Crippen LogP contribution in [0.3, 0.4) is 0 Å². The average molecular weight is 328 g/mol. The van der Waals surface area contributed by atoms with Crippen LogP contribution in [-0.4, -0.2) is 17.0 Å². The molecule has 2 N–H and O–H groups in total. The summed E-state index contributed by atoms with van der Waals surface area (Å²) in [6.45, 7) is 0. The summed E-state index contributed by atoms with van der Waals surface area (Å²) in [5.41, 5.74) is -0.366. The van der Waals surface area contributed by atoms with Crippen LogP contribution < -0.4 is 5.32 Å². The maximum atomic E-state index is 13.3. The van der Waals surface area contributed by atoms with Gasteiger partial charge >= 0.3 is 5.97 Å². The molecule has 0 aliphatic heterocycles. The molecule has 0 radical (unpaired) electrons. The van der Waals surface area contributed by atoms with E-state index in [9.17, 15) is 14.0 Å². The molecular formula is C14H8Cl2FNO3. The molecule has 0 bridgehead atoms. The molecule has 7 heteroatoms. The number of carboxylic acid groups (broad SMARTS) is 1. The summed E-state index contributed by atoms with van der Waals surface area (Å²) in [6.07, 6.45) is 0. The summed E-state index contributed by atoms with van der Waals surface area (Å²) in [4.78, 5) is 22.9. The van der Waals surface area contributed by atoms with Gasteiger partial charge in [-0.05, 0) is 30.3 Å². The van der Waals surface area contributed by atoms with E-state index >= 15 is 0 Å². The maximum Gasteiger partial charge on any atom is 0.338 e. The molecule has 108 valence electrons. The third kappa shape index (κ3) is 3.32. The number of hydrogen-bond acceptors (Lipinski definition) is 2. The predicted molar refractivity (Wildman–Crippen MR) is 77.8 cm³/mol. The number of halogens is 3. The summed E-state index contributed by atoms with van der Waals surface area (Å²) in [5.74, 6) is -2.94. The van der Waals surface area contributed by atoms with Gasteiger partial charge in [0.15, 0.2) is 0 Å². The predicted octanol–water partition coefficient (Wildman–Crippen LogP) is 4.08. The second kappa shape index (κ2) is 6.11. The van der Waals surface area contributed by atoms with Crippen LogP contribution in [0.2, 0.25) is 10.0 Å². The second-order valence-electron chi connectivity index (χ2n) is 4.05. The highest BCUT2D eigenvalue weighted by Crippen LogP contribution is 2.25. The van der Waals surface area contributed by atoms with Gasteiger partial charge in [0.1, 0.15) is 5.82 Å². The Hall–Kier alpha value is -2.11. The number of aromatic carboxylic acids is 1. The molecule has 2 aromatic carbocycles. The Morgan fingerprint density at radius 3 is 2.29 bits per heavy atom. The van der Waals surface area contributed by atoms with Gasteiger partial charge in [-0.3, -0.25) is 4.79 Å². The highest BCUT2D eigenvalue weighted by Gasteiger charge is 2.16. The van der Waals surface area contributed by atoms with E-state index in [-0.39, 0.29) is 21.3 Å². The van der Waals surface area contributed by atoms with Gasteiger partial charge in [0.2, 0.25) is 0 Å². The number of rotatable bonds is 3. The lowest BCUT2D eigenvalue weighted by atomic mass is 10.1. The Morgan fingerprint density at radius 2 is 1.71 bits per heavy atom. The van der Waals surface area contributed by atoms with Crippen LogP contribution >= 0.6 is 23.2 Å². The summed E-state index contributed by atoms with van der Waals surface area (Å²) < 4.78 is 13.3. The van der Waals surface area contributed by atoms with Gasteiger partial charge in [-0.25, -0.2) is 9.18 Å². The number of hydrogen-bond donors (Lipinski definition) is 2. The smallest absolute Gasteiger partial charge is 0.338 e. The van der Waals surface area contributed by atoms with Crippen molar-refractivity contribution >= 4 is 40.8 Å². The molecule has 0 saturated heterocycles. The van der Waals surface area contributed by atoms with Gasteiger partial charge in [-0.1, -0.05) is 29.3 Å². The van der Waals surface area contributed by atoms with Crippen molar-refractivity contribution in [2.45, 2.75) is 0 Å². The molecule has 21 heavy (non-hydrogen) atoms. The minimum absolute atomic E-state index is 0.0574. The van der Waals surface area contributed by atoms with Crippen LogP contribution in [0.15, 0.2) is 36.4 Å². The molecule has 0 aliphatic carbocycles. The molecule has 2 rings (SSSR count). The molecule has 2 aromatic rings. The Labute approximate surface area is 129 Å². The fraction of sp³-hybridized carbons (Fsp3) is 0. The SMILES string of the molecule is O=C(O)c1cc(NC(=O)c2c(Cl)cccc2Cl)ccc1F. The van der Waals surface area contributed by atoms with E-state index in [4.69, 9.17) is 28.3 Å². The average Bonchev–Trinajstić information content (AvgIpc) is 2.40. The molecule has 4 nitrogen and oxygen atoms in total. The van der Waals surface area contributed by atoms with E-state index in [1.165, 1.54) is 18.2 Å². The first-order chi connectivity index (χ1) is 9.90. The van der Waals surface area contributed by atoms with Crippen molar-refractivity contribution < 1.29 is 19.1 Å². The van der Waals surface area contributed by atoms with Crippen molar-refractivity contribution in [2.24, 2.45) is 0 Å². The fourth-order valence-electron chi connectivity index (χ4n) is 1.68. The number of benzene rings is 2. The lowest BCUT2D eigenvalue weighted by Crippen LogP contribution is -2.14. The second-order valence-corrected chi connectivity index (χ2v) is 4.86. The van der Waals surface area contributed by atoms with Crippen LogP contribution in [0.1, 0.15) is 20.7 Å². The minimum Gasteiger partial charge on any atom is -0.478 e. The van der Waals surface area contributed by atoms with Crippen LogP contribution in [0.25, 0.3) is 0 Å². The minimum atomic E-state index is -1.43. The third-order valence-corrected chi connectivity index (χ3v) is 3.27. The van der Waals surface area contributed by atoms with Crippen molar-refractivity contribution in [3.8, 4) is 0 Å². The molecule has 0 fully saturated rings. The number of carbonyl (C=O) groups is 2. The van der Waals surface area contributed by atoms with E-state index in [0.29, 0.717) is 0 Å². The Balaban J connectivity index is 2.32. The largest absolute Gasteiger partial charge is 0.478 e. The Bertz CT molecular complexity index is 714. The Kier molecular flexibility index (Phi) is 4.45. The lowest BCUT2D eigenvalue weighted by molar-refractivity contribution is 0.0691. The summed E-state index contributed by atoms with van der Waals surface area (Å²) in [7, 11) is 0. The van der Waals surface area contributed by atoms with Crippen LogP contribution in [0, 0.1) is 5.82 Å². The molecule has 0 aliphatic rings. The van der Waals surface area contributed by atoms with E-state index in [1.54, 1.807) is 6.07 Å². The van der Waals surface area contributed by atoms with Gasteiger partial charge in [-0.2, -0.15) is 0 Å². The van der Waals surface area contributed by atoms with Gasteiger partial charge in [0, 0.05) is 5.69 Å². The van der Waals surface area contributed by atoms with E-state index < -0.39 is 23.3 Å². The zero-order chi connectivity index (χ0) is 15.6. The first kappa shape index (κ1) is 15.3. The van der Waals surface area contributed by atoms with Crippen molar-refractivity contribution in [1.29, 1.82) is 0 Å². The maximum absolute atomic E-state index is 13.3. The fourth-order valence-corrected chi connectivity index (χ4v) is 2.24. The number of carboxylic acids is 1. The van der Waals surface area contributed by atoms with E-state index in [0.717, 1.165) is 12.1 Å². The number of anilines is 1. The molecular weight excluding hydrogens is 320 g/mol. The summed E-state index contributed by atoms with van der Waals surface area (Å²) >= 11 is 11.8. The zero-order valence-corrected chi connectivity index (χ0v) is 11.9. The van der Waals surface area contributed by atoms with Gasteiger partial charge < -0.3 is 10.4 Å². The van der Waals surface area contributed by atoms with E-state index in [2.05, 4.69) is 5.32 Å². The first-order valence-electron chi connectivity index (χ1n) is 5.68. The number of nitrogens with one attached hydrogen (secondary N) is 1. The van der Waals surface area contributed by atoms with Gasteiger partial charge in [0.05, 0.1) is 21.2 Å². The zero-order valence-electron chi connectivity index (χ0n) is 10.4. The molecule has 0 aromatic heterocycles. The van der Waals surface area contributed by atoms with Gasteiger partial charge in [-0.15, -0.1) is 0 Å². The molecule has 0 spiro atoms. The van der Waals surface area contributed by atoms with Crippen LogP contribution in [0.5, 0.6) is 0 Å². The van der Waals surface area contributed by atoms with Crippen molar-refractivity contribution in [3.63, 3.8) is 0 Å². The van der Waals surface area contributed by atoms with Crippen molar-refractivity contribution in [3.05, 3.63) is 63.4 Å². The highest BCUT2D eigenvalue weighted by molar-refractivity contribution is 6.40. The van der Waals surface area contributed by atoms with Crippen molar-refractivity contribution in [1.82, 2.24) is 0 Å². The molecule has 0 heterocycles. The molecule has 0 unspecified atom stereocenters. The molecule has 0 saturated carbocycles. The third-order valence-electron chi connectivity index (χ3n) is 2.64. The highest BCUT2D eigenvalue weighted by atomic mass is 35.5. The van der Waals surface area contributed by atoms with Gasteiger partial charge in [0.25, 0.3) is 5.91 Å². The molecule has 0 atom stereocenters. The summed E-state index contributed by atoms with van der Waals surface area (Å²) in [6, 6.07) is 7.78. The monoisotopic (exact) mass is 327 g/mol. The molecule has 1 amide bonds. The Morgan fingerprint density at radius 1 is 1.10 bits per heavy atom. The first-order valence-corrected chi connectivity index (χ1v) is 6.44. The van der Waals surface area contributed by atoms with E-state index in [1.807, 2.05) is 0 Å². The topological polar surface area (TPSA) is 66.4 Å². The summed E-state index contributed by atoms with van der Waals surface area (Å²) in [5, 5.41) is 11.6. The van der Waals surface area contributed by atoms with Crippen LogP contribution in [0.4, 0.5) is 10.1 Å². The normalized spacial score (nSPS) is 10.2. The van der Waals surface area contributed by atoms with Crippen molar-refractivity contribution in [2.75, 3.05) is 5.32 Å². The number of carbonyl (C=O) groups excluding carboxylic acids is 1. The standard InChI is InChI=1S/C14H8Cl2FNO3/c15-9-2-1-3-10(16)12(9)13(19)18-7-4-5-11(17)8(6-7)14(20)21/h1-6H,(H,18,19)(H,20,21). The lowest BCUT2D eigenvalue weighted by Gasteiger charge is -2.09. The number of amides is 1. The van der Waals surface area contributed by atoms with Crippen LogP contribution in [-0.2, 0) is 0 Å². The quantitative estimate of drug-likeness (QED) is 0.892.